The van der Waals surface area contributed by atoms with Crippen molar-refractivity contribution in [1.82, 2.24) is 15.5 Å². The summed E-state index contributed by atoms with van der Waals surface area (Å²) in [7, 11) is 0. The summed E-state index contributed by atoms with van der Waals surface area (Å²) in [6.07, 6.45) is 4.27. The Hall–Kier alpha value is -2.08. The minimum atomic E-state index is -0.428. The molecule has 3 amide bonds. The second kappa shape index (κ2) is 9.42. The zero-order chi connectivity index (χ0) is 18.2. The highest BCUT2D eigenvalue weighted by Gasteiger charge is 2.27. The first-order chi connectivity index (χ1) is 12.0. The van der Waals surface area contributed by atoms with Gasteiger partial charge in [-0.05, 0) is 76.2 Å². The highest BCUT2D eigenvalue weighted by atomic mass is 16.3. The molecule has 0 aromatic heterocycles. The van der Waals surface area contributed by atoms with Gasteiger partial charge in [-0.25, -0.2) is 4.79 Å². The molecule has 3 N–H and O–H groups in total. The number of aryl methyl sites for hydroxylation is 1. The molecule has 0 bridgehead atoms. The first-order valence-electron chi connectivity index (χ1n) is 9.10. The van der Waals surface area contributed by atoms with E-state index in [1.165, 1.54) is 5.56 Å². The molecule has 1 fully saturated rings. The minimum absolute atomic E-state index is 0.242. The molecule has 0 saturated carbocycles. The number of nitrogens with zero attached hydrogens (tertiary/aromatic N) is 1. The molecule has 6 heteroatoms. The zero-order valence-corrected chi connectivity index (χ0v) is 15.1. The number of rotatable bonds is 6. The molecule has 1 atom stereocenters. The number of urea groups is 1. The summed E-state index contributed by atoms with van der Waals surface area (Å²) in [5, 5.41) is 14.3. The first-order valence-corrected chi connectivity index (χ1v) is 9.10. The van der Waals surface area contributed by atoms with Gasteiger partial charge in [0, 0.05) is 6.54 Å². The molecule has 1 aromatic carbocycles. The molecule has 1 heterocycles. The Morgan fingerprint density at radius 2 is 1.88 bits per heavy atom. The first kappa shape index (κ1) is 19.2. The number of piperidine rings is 1. The van der Waals surface area contributed by atoms with Crippen molar-refractivity contribution in [2.24, 2.45) is 5.92 Å². The highest BCUT2D eigenvalue weighted by molar-refractivity contribution is 5.96. The molecular formula is C19H29N3O3. The molecule has 0 radical (unpaired) electrons. The van der Waals surface area contributed by atoms with E-state index in [4.69, 9.17) is 0 Å². The van der Waals surface area contributed by atoms with E-state index in [1.807, 2.05) is 26.0 Å². The van der Waals surface area contributed by atoms with Gasteiger partial charge in [-0.1, -0.05) is 12.1 Å². The van der Waals surface area contributed by atoms with Crippen molar-refractivity contribution in [3.63, 3.8) is 0 Å². The Balaban J connectivity index is 1.72. The number of phenols is 1. The van der Waals surface area contributed by atoms with Crippen molar-refractivity contribution in [3.05, 3.63) is 29.8 Å². The Bertz CT molecular complexity index is 566. The van der Waals surface area contributed by atoms with Gasteiger partial charge < -0.3 is 10.4 Å². The lowest BCUT2D eigenvalue weighted by molar-refractivity contribution is -0.125. The van der Waals surface area contributed by atoms with Crippen LogP contribution >= 0.6 is 0 Å². The van der Waals surface area contributed by atoms with E-state index in [1.54, 1.807) is 12.1 Å². The van der Waals surface area contributed by atoms with Crippen molar-refractivity contribution in [2.45, 2.75) is 45.6 Å². The Morgan fingerprint density at radius 3 is 2.48 bits per heavy atom. The van der Waals surface area contributed by atoms with Crippen LogP contribution in [0, 0.1) is 5.92 Å². The number of benzene rings is 1. The van der Waals surface area contributed by atoms with Gasteiger partial charge in [0.25, 0.3) is 0 Å². The van der Waals surface area contributed by atoms with Crippen LogP contribution < -0.4 is 10.6 Å². The van der Waals surface area contributed by atoms with Crippen LogP contribution in [0.3, 0.4) is 0 Å². The molecule has 0 aliphatic carbocycles. The second-order valence-electron chi connectivity index (χ2n) is 6.71. The van der Waals surface area contributed by atoms with Crippen LogP contribution in [0.1, 0.15) is 38.7 Å². The number of carbonyl (C=O) groups excluding carboxylic acids is 2. The third-order valence-corrected chi connectivity index (χ3v) is 4.93. The van der Waals surface area contributed by atoms with Crippen molar-refractivity contribution >= 4 is 11.9 Å². The normalized spacial score (nSPS) is 17.0. The quantitative estimate of drug-likeness (QED) is 0.737. The topological polar surface area (TPSA) is 81.7 Å². The summed E-state index contributed by atoms with van der Waals surface area (Å²) in [6.45, 7) is 5.93. The average Bonchev–Trinajstić information content (AvgIpc) is 2.61. The fourth-order valence-corrected chi connectivity index (χ4v) is 3.25. The van der Waals surface area contributed by atoms with E-state index in [0.29, 0.717) is 18.2 Å². The number of hydrogen-bond acceptors (Lipinski definition) is 4. The van der Waals surface area contributed by atoms with Gasteiger partial charge in [-0.2, -0.15) is 0 Å². The van der Waals surface area contributed by atoms with Gasteiger partial charge >= 0.3 is 6.03 Å². The standard InChI is InChI=1S/C19H29N3O3/c1-3-20-19(25)21-18(24)14(2)22-12-10-16(11-13-22)5-4-15-6-8-17(23)9-7-15/h6-9,14,16,23H,3-5,10-13H2,1-2H3,(H2,20,21,24,25). The minimum Gasteiger partial charge on any atom is -0.508 e. The number of nitrogens with one attached hydrogen (secondary N) is 2. The number of amides is 3. The molecule has 1 aliphatic rings. The number of hydrogen-bond donors (Lipinski definition) is 3. The van der Waals surface area contributed by atoms with Gasteiger partial charge in [0.05, 0.1) is 6.04 Å². The Kier molecular flexibility index (Phi) is 7.25. The van der Waals surface area contributed by atoms with E-state index >= 15 is 0 Å². The smallest absolute Gasteiger partial charge is 0.321 e. The predicted octanol–water partition coefficient (Wildman–Crippen LogP) is 2.27. The number of carbonyl (C=O) groups is 2. The molecule has 6 nitrogen and oxygen atoms in total. The molecule has 1 aliphatic heterocycles. The van der Waals surface area contributed by atoms with Crippen LogP contribution in [0.2, 0.25) is 0 Å². The lowest BCUT2D eigenvalue weighted by Crippen LogP contribution is -2.51. The fourth-order valence-electron chi connectivity index (χ4n) is 3.25. The van der Waals surface area contributed by atoms with Gasteiger partial charge in [0.1, 0.15) is 5.75 Å². The van der Waals surface area contributed by atoms with Crippen LogP contribution in [0.15, 0.2) is 24.3 Å². The molecule has 0 spiro atoms. The lowest BCUT2D eigenvalue weighted by atomic mass is 9.90. The largest absolute Gasteiger partial charge is 0.508 e. The van der Waals surface area contributed by atoms with E-state index in [2.05, 4.69) is 15.5 Å². The van der Waals surface area contributed by atoms with Crippen LogP contribution in [0.25, 0.3) is 0 Å². The number of likely N-dealkylation sites (tertiary alicyclic amines) is 1. The van der Waals surface area contributed by atoms with E-state index in [-0.39, 0.29) is 11.9 Å². The zero-order valence-electron chi connectivity index (χ0n) is 15.1. The van der Waals surface area contributed by atoms with Crippen molar-refractivity contribution < 1.29 is 14.7 Å². The monoisotopic (exact) mass is 347 g/mol. The third-order valence-electron chi connectivity index (χ3n) is 4.93. The van der Waals surface area contributed by atoms with Crippen molar-refractivity contribution in [1.29, 1.82) is 0 Å². The summed E-state index contributed by atoms with van der Waals surface area (Å²) >= 11 is 0. The summed E-state index contributed by atoms with van der Waals surface area (Å²) in [5.41, 5.74) is 1.25. The molecule has 1 aromatic rings. The van der Waals surface area contributed by atoms with Crippen LogP contribution in [-0.4, -0.2) is 47.6 Å². The van der Waals surface area contributed by atoms with Gasteiger partial charge in [-0.3, -0.25) is 15.0 Å². The van der Waals surface area contributed by atoms with Crippen LogP contribution in [0.5, 0.6) is 5.75 Å². The lowest BCUT2D eigenvalue weighted by Gasteiger charge is -2.35. The molecular weight excluding hydrogens is 318 g/mol. The average molecular weight is 347 g/mol. The summed E-state index contributed by atoms with van der Waals surface area (Å²) < 4.78 is 0. The maximum Gasteiger partial charge on any atom is 0.321 e. The van der Waals surface area contributed by atoms with E-state index < -0.39 is 6.03 Å². The fraction of sp³-hybridized carbons (Fsp3) is 0.579. The van der Waals surface area contributed by atoms with Crippen molar-refractivity contribution in [3.8, 4) is 5.75 Å². The predicted molar refractivity (Wildman–Crippen MR) is 97.4 cm³/mol. The Labute approximate surface area is 149 Å². The molecule has 138 valence electrons. The van der Waals surface area contributed by atoms with Crippen molar-refractivity contribution in [2.75, 3.05) is 19.6 Å². The highest BCUT2D eigenvalue weighted by Crippen LogP contribution is 2.24. The summed E-state index contributed by atoms with van der Waals surface area (Å²) in [6, 6.07) is 6.68. The van der Waals surface area contributed by atoms with Crippen LogP contribution in [-0.2, 0) is 11.2 Å². The Morgan fingerprint density at radius 1 is 1.24 bits per heavy atom. The van der Waals surface area contributed by atoms with Crippen LogP contribution in [0.4, 0.5) is 4.79 Å². The third kappa shape index (κ3) is 6.05. The number of phenolic OH excluding ortho intramolecular Hbond substituents is 1. The summed E-state index contributed by atoms with van der Waals surface area (Å²) in [4.78, 5) is 25.7. The molecule has 25 heavy (non-hydrogen) atoms. The molecule has 1 saturated heterocycles. The van der Waals surface area contributed by atoms with Gasteiger partial charge in [0.2, 0.25) is 5.91 Å². The maximum absolute atomic E-state index is 12.1. The van der Waals surface area contributed by atoms with Gasteiger partial charge in [0.15, 0.2) is 0 Å². The van der Waals surface area contributed by atoms with E-state index in [9.17, 15) is 14.7 Å². The number of imide groups is 1. The van der Waals surface area contributed by atoms with E-state index in [0.717, 1.165) is 38.8 Å². The SMILES string of the molecule is CCNC(=O)NC(=O)C(C)N1CCC(CCc2ccc(O)cc2)CC1. The second-order valence-corrected chi connectivity index (χ2v) is 6.71. The number of aromatic hydroxyl groups is 1. The van der Waals surface area contributed by atoms with Gasteiger partial charge in [-0.15, -0.1) is 0 Å². The summed E-state index contributed by atoms with van der Waals surface area (Å²) in [5.74, 6) is 0.717. The molecule has 1 unspecified atom stereocenters. The maximum atomic E-state index is 12.1. The molecule has 2 rings (SSSR count).